The van der Waals surface area contributed by atoms with Crippen molar-refractivity contribution in [2.45, 2.75) is 6.04 Å². The van der Waals surface area contributed by atoms with Crippen LogP contribution in [0.1, 0.15) is 11.6 Å². The van der Waals surface area contributed by atoms with Crippen LogP contribution in [-0.4, -0.2) is 18.8 Å². The lowest BCUT2D eigenvalue weighted by Gasteiger charge is -2.13. The van der Waals surface area contributed by atoms with Gasteiger partial charge in [-0.3, -0.25) is 0 Å². The minimum atomic E-state index is -0.225. The van der Waals surface area contributed by atoms with Gasteiger partial charge in [0.2, 0.25) is 0 Å². The van der Waals surface area contributed by atoms with Crippen molar-refractivity contribution in [2.75, 3.05) is 13.7 Å². The van der Waals surface area contributed by atoms with Gasteiger partial charge in [-0.25, -0.2) is 4.39 Å². The molecule has 2 N–H and O–H groups in total. The molecule has 72 valence electrons. The molecule has 13 heavy (non-hydrogen) atoms. The highest BCUT2D eigenvalue weighted by atomic mass is 127. The van der Waals surface area contributed by atoms with Crippen LogP contribution in [0.5, 0.6) is 0 Å². The Morgan fingerprint density at radius 2 is 2.31 bits per heavy atom. The largest absolute Gasteiger partial charge is 0.394 e. The highest BCUT2D eigenvalue weighted by Gasteiger charge is 2.09. The zero-order valence-electron chi connectivity index (χ0n) is 7.22. The Labute approximate surface area is 90.3 Å². The van der Waals surface area contributed by atoms with E-state index in [4.69, 9.17) is 5.11 Å². The van der Waals surface area contributed by atoms with Crippen molar-refractivity contribution in [3.8, 4) is 0 Å². The molecule has 0 saturated carbocycles. The average Bonchev–Trinajstić information content (AvgIpc) is 2.13. The van der Waals surface area contributed by atoms with E-state index < -0.39 is 0 Å². The topological polar surface area (TPSA) is 32.3 Å². The summed E-state index contributed by atoms with van der Waals surface area (Å²) < 4.78 is 13.5. The first kappa shape index (κ1) is 10.9. The number of likely N-dealkylation sites (N-methyl/N-ethyl adjacent to an activating group) is 1. The zero-order valence-corrected chi connectivity index (χ0v) is 9.38. The van der Waals surface area contributed by atoms with Crippen LogP contribution in [0, 0.1) is 9.39 Å². The van der Waals surface area contributed by atoms with Gasteiger partial charge in [-0.15, -0.1) is 0 Å². The number of benzene rings is 1. The highest BCUT2D eigenvalue weighted by Crippen LogP contribution is 2.17. The molecule has 0 heterocycles. The molecule has 2 nitrogen and oxygen atoms in total. The first-order valence-corrected chi connectivity index (χ1v) is 5.00. The van der Waals surface area contributed by atoms with E-state index in [0.29, 0.717) is 3.57 Å². The minimum Gasteiger partial charge on any atom is -0.394 e. The summed E-state index contributed by atoms with van der Waals surface area (Å²) in [6.45, 7) is 0.0121. The fourth-order valence-electron chi connectivity index (χ4n) is 1.09. The maximum absolute atomic E-state index is 12.9. The average molecular weight is 295 g/mol. The number of nitrogens with one attached hydrogen (secondary N) is 1. The van der Waals surface area contributed by atoms with Crippen molar-refractivity contribution in [3.05, 3.63) is 33.1 Å². The van der Waals surface area contributed by atoms with Crippen molar-refractivity contribution in [1.29, 1.82) is 0 Å². The molecule has 1 aromatic carbocycles. The van der Waals surface area contributed by atoms with Gasteiger partial charge in [-0.2, -0.15) is 0 Å². The van der Waals surface area contributed by atoms with Gasteiger partial charge >= 0.3 is 0 Å². The van der Waals surface area contributed by atoms with Crippen molar-refractivity contribution < 1.29 is 9.50 Å². The monoisotopic (exact) mass is 295 g/mol. The van der Waals surface area contributed by atoms with Gasteiger partial charge in [0, 0.05) is 3.57 Å². The van der Waals surface area contributed by atoms with Crippen LogP contribution in [0.25, 0.3) is 0 Å². The summed E-state index contributed by atoms with van der Waals surface area (Å²) in [5.74, 6) is -0.225. The van der Waals surface area contributed by atoms with Crippen molar-refractivity contribution in [3.63, 3.8) is 0 Å². The van der Waals surface area contributed by atoms with Crippen LogP contribution < -0.4 is 5.32 Å². The Kier molecular flexibility index (Phi) is 4.08. The van der Waals surface area contributed by atoms with Crippen molar-refractivity contribution in [1.82, 2.24) is 5.32 Å². The zero-order chi connectivity index (χ0) is 9.84. The predicted molar refractivity (Wildman–Crippen MR) is 58.0 cm³/mol. The summed E-state index contributed by atoms with van der Waals surface area (Å²) in [5, 5.41) is 11.9. The van der Waals surface area contributed by atoms with Gasteiger partial charge in [-0.1, -0.05) is 6.07 Å². The van der Waals surface area contributed by atoms with E-state index in [1.54, 1.807) is 19.2 Å². The second kappa shape index (κ2) is 4.88. The van der Waals surface area contributed by atoms with Crippen LogP contribution in [0.15, 0.2) is 18.2 Å². The normalized spacial score (nSPS) is 12.9. The summed E-state index contributed by atoms with van der Waals surface area (Å²) in [5.41, 5.74) is 0.899. The van der Waals surface area contributed by atoms with Gasteiger partial charge in [0.05, 0.1) is 12.6 Å². The standard InChI is InChI=1S/C9H11FINO/c1-12-9(5-13)6-2-3-7(10)8(11)4-6/h2-4,9,12-13H,5H2,1H3/t9-/m1/s1. The summed E-state index contributed by atoms with van der Waals surface area (Å²) in [4.78, 5) is 0. The minimum absolute atomic E-state index is 0.0121. The van der Waals surface area contributed by atoms with E-state index in [9.17, 15) is 4.39 Å². The van der Waals surface area contributed by atoms with Gasteiger partial charge in [0.1, 0.15) is 5.82 Å². The van der Waals surface area contributed by atoms with E-state index >= 15 is 0 Å². The third-order valence-electron chi connectivity index (χ3n) is 1.88. The summed E-state index contributed by atoms with van der Waals surface area (Å²) >= 11 is 1.93. The number of halogens is 2. The third kappa shape index (κ3) is 2.62. The molecular weight excluding hydrogens is 284 g/mol. The summed E-state index contributed by atoms with van der Waals surface area (Å²) in [7, 11) is 1.76. The molecule has 0 unspecified atom stereocenters. The van der Waals surface area contributed by atoms with Crippen LogP contribution in [0.3, 0.4) is 0 Å². The number of rotatable bonds is 3. The first-order chi connectivity index (χ1) is 6.19. The second-order valence-electron chi connectivity index (χ2n) is 2.70. The number of hydrogen-bond donors (Lipinski definition) is 2. The van der Waals surface area contributed by atoms with E-state index in [2.05, 4.69) is 5.32 Å². The van der Waals surface area contributed by atoms with Gasteiger partial charge in [0.25, 0.3) is 0 Å². The number of aliphatic hydroxyl groups is 1. The van der Waals surface area contributed by atoms with Crippen molar-refractivity contribution >= 4 is 22.6 Å². The molecular formula is C9H11FINO. The third-order valence-corrected chi connectivity index (χ3v) is 2.70. The number of aliphatic hydroxyl groups excluding tert-OH is 1. The molecule has 0 bridgehead atoms. The fourth-order valence-corrected chi connectivity index (χ4v) is 1.63. The van der Waals surface area contributed by atoms with Gasteiger partial charge in [-0.05, 0) is 47.3 Å². The predicted octanol–water partition coefficient (Wildman–Crippen LogP) is 1.68. The van der Waals surface area contributed by atoms with Gasteiger partial charge < -0.3 is 10.4 Å². The Bertz CT molecular complexity index is 289. The Balaban J connectivity index is 2.95. The maximum atomic E-state index is 12.9. The van der Waals surface area contributed by atoms with Crippen LogP contribution in [0.4, 0.5) is 4.39 Å². The number of hydrogen-bond acceptors (Lipinski definition) is 2. The fraction of sp³-hybridized carbons (Fsp3) is 0.333. The SMILES string of the molecule is CN[C@H](CO)c1ccc(F)c(I)c1. The van der Waals surface area contributed by atoms with Crippen LogP contribution in [-0.2, 0) is 0 Å². The molecule has 0 fully saturated rings. The molecule has 1 aromatic rings. The molecule has 0 spiro atoms. The molecule has 1 atom stereocenters. The van der Waals surface area contributed by atoms with E-state index in [1.807, 2.05) is 22.6 Å². The Morgan fingerprint density at radius 3 is 2.77 bits per heavy atom. The molecule has 0 aliphatic heterocycles. The highest BCUT2D eigenvalue weighted by molar-refractivity contribution is 14.1. The molecule has 0 saturated heterocycles. The molecule has 0 aromatic heterocycles. The lowest BCUT2D eigenvalue weighted by atomic mass is 10.1. The molecule has 1 rings (SSSR count). The smallest absolute Gasteiger partial charge is 0.136 e. The second-order valence-corrected chi connectivity index (χ2v) is 3.86. The van der Waals surface area contributed by atoms with Crippen LogP contribution in [0.2, 0.25) is 0 Å². The van der Waals surface area contributed by atoms with E-state index in [-0.39, 0.29) is 18.5 Å². The summed E-state index contributed by atoms with van der Waals surface area (Å²) in [6.07, 6.45) is 0. The molecule has 0 radical (unpaired) electrons. The summed E-state index contributed by atoms with van der Waals surface area (Å²) in [6, 6.07) is 4.70. The molecule has 0 aliphatic rings. The van der Waals surface area contributed by atoms with Gasteiger partial charge in [0.15, 0.2) is 0 Å². The lowest BCUT2D eigenvalue weighted by molar-refractivity contribution is 0.251. The van der Waals surface area contributed by atoms with Crippen molar-refractivity contribution in [2.24, 2.45) is 0 Å². The first-order valence-electron chi connectivity index (χ1n) is 3.92. The quantitative estimate of drug-likeness (QED) is 0.832. The van der Waals surface area contributed by atoms with Crippen LogP contribution >= 0.6 is 22.6 Å². The van der Waals surface area contributed by atoms with E-state index in [1.165, 1.54) is 6.07 Å². The Morgan fingerprint density at radius 1 is 1.62 bits per heavy atom. The van der Waals surface area contributed by atoms with E-state index in [0.717, 1.165) is 5.56 Å². The molecule has 0 aliphatic carbocycles. The Hall–Kier alpha value is -0.200. The lowest BCUT2D eigenvalue weighted by Crippen LogP contribution is -2.20. The molecule has 4 heteroatoms. The molecule has 0 amide bonds. The maximum Gasteiger partial charge on any atom is 0.136 e.